The third-order valence-electron chi connectivity index (χ3n) is 4.38. The second kappa shape index (κ2) is 8.76. The van der Waals surface area contributed by atoms with E-state index in [1.807, 2.05) is 72.8 Å². The van der Waals surface area contributed by atoms with E-state index in [9.17, 15) is 4.79 Å². The highest BCUT2D eigenvalue weighted by Crippen LogP contribution is 2.33. The summed E-state index contributed by atoms with van der Waals surface area (Å²) in [4.78, 5) is 17.4. The van der Waals surface area contributed by atoms with Gasteiger partial charge < -0.3 is 5.32 Å². The molecule has 0 bridgehead atoms. The van der Waals surface area contributed by atoms with E-state index in [4.69, 9.17) is 4.98 Å². The van der Waals surface area contributed by atoms with Crippen LogP contribution in [0.15, 0.2) is 102 Å². The summed E-state index contributed by atoms with van der Waals surface area (Å²) in [6.45, 7) is 1.58. The average Bonchev–Trinajstić information content (AvgIpc) is 2.76. The van der Waals surface area contributed by atoms with Gasteiger partial charge in [0.05, 0.1) is 17.1 Å². The van der Waals surface area contributed by atoms with Gasteiger partial charge in [-0.3, -0.25) is 4.79 Å². The van der Waals surface area contributed by atoms with Gasteiger partial charge in [0, 0.05) is 28.6 Å². The molecule has 0 aliphatic carbocycles. The smallest absolute Gasteiger partial charge is 0.190 e. The molecule has 0 radical (unpaired) electrons. The molecule has 1 aromatic heterocycles. The molecule has 0 fully saturated rings. The zero-order chi connectivity index (χ0) is 20.1. The number of nitrogens with one attached hydrogen (secondary N) is 1. The van der Waals surface area contributed by atoms with Gasteiger partial charge in [-0.1, -0.05) is 84.6 Å². The first-order valence-electron chi connectivity index (χ1n) is 9.36. The number of hydrogen-bond acceptors (Lipinski definition) is 4. The molecule has 3 nitrogen and oxygen atoms in total. The fraction of sp³-hybridized carbons (Fsp3) is 0.0400. The molecular formula is C25H20N2OS. The fourth-order valence-electron chi connectivity index (χ4n) is 3.09. The van der Waals surface area contributed by atoms with E-state index >= 15 is 0 Å². The van der Waals surface area contributed by atoms with Gasteiger partial charge in [-0.15, -0.1) is 0 Å². The van der Waals surface area contributed by atoms with E-state index in [0.717, 1.165) is 38.8 Å². The number of carbonyl (C=O) groups is 1. The molecule has 0 spiro atoms. The normalized spacial score (nSPS) is 10.5. The van der Waals surface area contributed by atoms with Crippen LogP contribution < -0.4 is 5.32 Å². The number of aromatic nitrogens is 1. The molecule has 29 heavy (non-hydrogen) atoms. The van der Waals surface area contributed by atoms with Crippen molar-refractivity contribution in [2.75, 3.05) is 5.32 Å². The Balaban J connectivity index is 1.78. The van der Waals surface area contributed by atoms with Gasteiger partial charge >= 0.3 is 0 Å². The molecule has 0 saturated heterocycles. The van der Waals surface area contributed by atoms with E-state index in [1.54, 1.807) is 6.92 Å². The van der Waals surface area contributed by atoms with Crippen LogP contribution in [0.1, 0.15) is 6.92 Å². The number of benzene rings is 3. The highest BCUT2D eigenvalue weighted by Gasteiger charge is 2.10. The molecule has 3 aromatic carbocycles. The maximum Gasteiger partial charge on any atom is 0.190 e. The highest BCUT2D eigenvalue weighted by atomic mass is 32.2. The minimum Gasteiger partial charge on any atom is -0.354 e. The van der Waals surface area contributed by atoms with Crippen LogP contribution in [0.2, 0.25) is 0 Å². The Morgan fingerprint density at radius 2 is 1.28 bits per heavy atom. The Kier molecular flexibility index (Phi) is 5.73. The van der Waals surface area contributed by atoms with Gasteiger partial charge in [0.15, 0.2) is 5.12 Å². The van der Waals surface area contributed by atoms with Crippen LogP contribution in [0.25, 0.3) is 22.5 Å². The van der Waals surface area contributed by atoms with Crippen molar-refractivity contribution >= 4 is 28.3 Å². The number of nitrogens with zero attached hydrogens (tertiary/aromatic N) is 1. The molecular weight excluding hydrogens is 376 g/mol. The quantitative estimate of drug-likeness (QED) is 0.377. The van der Waals surface area contributed by atoms with Crippen molar-refractivity contribution in [2.24, 2.45) is 0 Å². The number of anilines is 2. The monoisotopic (exact) mass is 396 g/mol. The van der Waals surface area contributed by atoms with Crippen LogP contribution in [0.3, 0.4) is 0 Å². The Morgan fingerprint density at radius 1 is 0.759 bits per heavy atom. The summed E-state index contributed by atoms with van der Waals surface area (Å²) in [6.07, 6.45) is 0. The standard InChI is InChI=1S/C25H20N2OS/c1-18(28)29-25-15-9-8-14-22(25)26-21-16-23(19-10-4-2-5-11-19)27-24(17-21)20-12-6-3-7-13-20/h2-17H,1H3,(H,26,27). The molecule has 0 atom stereocenters. The lowest BCUT2D eigenvalue weighted by atomic mass is 10.1. The Hall–Kier alpha value is -3.37. The molecule has 1 heterocycles. The number of thioether (sulfide) groups is 1. The van der Waals surface area contributed by atoms with Crippen molar-refractivity contribution < 1.29 is 4.79 Å². The summed E-state index contributed by atoms with van der Waals surface area (Å²) in [5, 5.41) is 3.54. The van der Waals surface area contributed by atoms with Gasteiger partial charge in [0.1, 0.15) is 0 Å². The summed E-state index contributed by atoms with van der Waals surface area (Å²) in [5.74, 6) is 0. The minimum absolute atomic E-state index is 0.0592. The maximum absolute atomic E-state index is 11.6. The van der Waals surface area contributed by atoms with Gasteiger partial charge in [0.2, 0.25) is 0 Å². The summed E-state index contributed by atoms with van der Waals surface area (Å²) >= 11 is 1.23. The molecule has 0 saturated carbocycles. The third-order valence-corrected chi connectivity index (χ3v) is 5.25. The largest absolute Gasteiger partial charge is 0.354 e. The van der Waals surface area contributed by atoms with Crippen molar-refractivity contribution in [1.82, 2.24) is 4.98 Å². The van der Waals surface area contributed by atoms with Crippen LogP contribution >= 0.6 is 11.8 Å². The Morgan fingerprint density at radius 3 is 1.83 bits per heavy atom. The Labute approximate surface area is 174 Å². The maximum atomic E-state index is 11.6. The van der Waals surface area contributed by atoms with Crippen LogP contribution in [0.5, 0.6) is 0 Å². The van der Waals surface area contributed by atoms with Crippen molar-refractivity contribution in [3.63, 3.8) is 0 Å². The molecule has 142 valence electrons. The highest BCUT2D eigenvalue weighted by molar-refractivity contribution is 8.13. The average molecular weight is 397 g/mol. The molecule has 0 aliphatic rings. The first-order chi connectivity index (χ1) is 14.2. The van der Waals surface area contributed by atoms with Crippen molar-refractivity contribution in [1.29, 1.82) is 0 Å². The lowest BCUT2D eigenvalue weighted by Gasteiger charge is -2.14. The lowest BCUT2D eigenvalue weighted by molar-refractivity contribution is -0.109. The summed E-state index contributed by atoms with van der Waals surface area (Å²) < 4.78 is 0. The third kappa shape index (κ3) is 4.73. The van der Waals surface area contributed by atoms with E-state index in [-0.39, 0.29) is 5.12 Å². The second-order valence-corrected chi connectivity index (χ2v) is 7.79. The molecule has 4 heteroatoms. The Bertz CT molecular complexity index is 1070. The van der Waals surface area contributed by atoms with Crippen molar-refractivity contribution in [2.45, 2.75) is 11.8 Å². The van der Waals surface area contributed by atoms with Gasteiger partial charge in [0.25, 0.3) is 0 Å². The molecule has 4 aromatic rings. The van der Waals surface area contributed by atoms with E-state index < -0.39 is 0 Å². The predicted octanol–water partition coefficient (Wildman–Crippen LogP) is 6.80. The van der Waals surface area contributed by atoms with Gasteiger partial charge in [-0.05, 0) is 24.3 Å². The van der Waals surface area contributed by atoms with Gasteiger partial charge in [-0.25, -0.2) is 4.98 Å². The first-order valence-corrected chi connectivity index (χ1v) is 10.2. The summed E-state index contributed by atoms with van der Waals surface area (Å²) in [6, 6.07) is 32.2. The van der Waals surface area contributed by atoms with Crippen LogP contribution in [0, 0.1) is 0 Å². The molecule has 0 unspecified atom stereocenters. The number of hydrogen-bond donors (Lipinski definition) is 1. The zero-order valence-electron chi connectivity index (χ0n) is 16.0. The molecule has 4 rings (SSSR count). The van der Waals surface area contributed by atoms with Crippen LogP contribution in [0.4, 0.5) is 11.4 Å². The number of pyridine rings is 1. The van der Waals surface area contributed by atoms with E-state index in [2.05, 4.69) is 29.6 Å². The molecule has 1 N–H and O–H groups in total. The number of para-hydroxylation sites is 1. The van der Waals surface area contributed by atoms with Crippen molar-refractivity contribution in [3.05, 3.63) is 97.1 Å². The lowest BCUT2D eigenvalue weighted by Crippen LogP contribution is -1.97. The minimum atomic E-state index is 0.0592. The first kappa shape index (κ1) is 19.0. The van der Waals surface area contributed by atoms with E-state index in [0.29, 0.717) is 0 Å². The molecule has 0 aliphatic heterocycles. The second-order valence-electron chi connectivity index (χ2n) is 6.57. The molecule has 0 amide bonds. The SMILES string of the molecule is CC(=O)Sc1ccccc1Nc1cc(-c2ccccc2)nc(-c2ccccc2)c1. The zero-order valence-corrected chi connectivity index (χ0v) is 16.8. The van der Waals surface area contributed by atoms with Crippen LogP contribution in [-0.2, 0) is 4.79 Å². The van der Waals surface area contributed by atoms with Crippen molar-refractivity contribution in [3.8, 4) is 22.5 Å². The summed E-state index contributed by atoms with van der Waals surface area (Å²) in [5.41, 5.74) is 5.72. The summed E-state index contributed by atoms with van der Waals surface area (Å²) in [7, 11) is 0. The fourth-order valence-corrected chi connectivity index (χ4v) is 3.77. The van der Waals surface area contributed by atoms with Crippen LogP contribution in [-0.4, -0.2) is 10.1 Å². The predicted molar refractivity (Wildman–Crippen MR) is 121 cm³/mol. The van der Waals surface area contributed by atoms with E-state index in [1.165, 1.54) is 11.8 Å². The topological polar surface area (TPSA) is 42.0 Å². The van der Waals surface area contributed by atoms with Gasteiger partial charge in [-0.2, -0.15) is 0 Å². The number of carbonyl (C=O) groups excluding carboxylic acids is 1. The number of rotatable bonds is 5.